The lowest BCUT2D eigenvalue weighted by Crippen LogP contribution is -2.39. The molecule has 2 amide bonds. The Morgan fingerprint density at radius 1 is 1.11 bits per heavy atom. The first-order valence-electron chi connectivity index (χ1n) is 8.80. The molecule has 6 nitrogen and oxygen atoms in total. The van der Waals surface area contributed by atoms with Crippen molar-refractivity contribution in [3.63, 3.8) is 0 Å². The molecule has 6 heteroatoms. The van der Waals surface area contributed by atoms with Crippen LogP contribution in [-0.4, -0.2) is 50.3 Å². The predicted molar refractivity (Wildman–Crippen MR) is 108 cm³/mol. The predicted octanol–water partition coefficient (Wildman–Crippen LogP) is 2.85. The summed E-state index contributed by atoms with van der Waals surface area (Å²) in [4.78, 5) is 14.0. The van der Waals surface area contributed by atoms with Gasteiger partial charge in [-0.15, -0.1) is 0 Å². The maximum atomic E-state index is 12.1. The van der Waals surface area contributed by atoms with E-state index in [2.05, 4.69) is 10.6 Å². The summed E-state index contributed by atoms with van der Waals surface area (Å²) in [5.41, 5.74) is 2.96. The van der Waals surface area contributed by atoms with Crippen LogP contribution in [0.3, 0.4) is 0 Å². The van der Waals surface area contributed by atoms with E-state index in [-0.39, 0.29) is 11.8 Å². The Kier molecular flexibility index (Phi) is 7.55. The third-order valence-electron chi connectivity index (χ3n) is 4.10. The van der Waals surface area contributed by atoms with Crippen LogP contribution in [0.1, 0.15) is 11.1 Å². The van der Waals surface area contributed by atoms with E-state index in [0.717, 1.165) is 22.6 Å². The number of methoxy groups -OCH3 is 1. The maximum absolute atomic E-state index is 12.1. The Hall–Kier alpha value is -3.15. The molecule has 0 atom stereocenters. The Morgan fingerprint density at radius 2 is 1.81 bits per heavy atom. The van der Waals surface area contributed by atoms with Crippen LogP contribution < -0.4 is 15.4 Å². The molecule has 0 aliphatic heterocycles. The molecule has 2 rings (SSSR count). The summed E-state index contributed by atoms with van der Waals surface area (Å²) in [7, 11) is 5.49. The lowest BCUT2D eigenvalue weighted by molar-refractivity contribution is 0.241. The zero-order chi connectivity index (χ0) is 19.6. The molecule has 0 saturated carbocycles. The smallest absolute Gasteiger partial charge is 0.315 e. The minimum absolute atomic E-state index is 0.219. The van der Waals surface area contributed by atoms with E-state index < -0.39 is 0 Å². The van der Waals surface area contributed by atoms with Crippen LogP contribution in [0.2, 0.25) is 0 Å². The number of likely N-dealkylation sites (N-methyl/N-ethyl adjacent to an activating group) is 1. The largest absolute Gasteiger partial charge is 0.508 e. The molecule has 27 heavy (non-hydrogen) atoms. The molecule has 0 aliphatic rings. The Labute approximate surface area is 160 Å². The molecule has 2 aromatic rings. The number of ether oxygens (including phenoxy) is 1. The first-order valence-corrected chi connectivity index (χ1v) is 8.80. The molecule has 3 N–H and O–H groups in total. The standard InChI is InChI=1S/C21H27N3O3/c1-24(2)18(14-16-8-10-19(25)11-9-16)15-23-21(26)22-13-12-17-6-4-5-7-20(17)27-3/h4-11,14,25H,12-13,15H2,1-3H3,(H2,22,23,26)/b18-14-. The van der Waals surface area contributed by atoms with Crippen molar-refractivity contribution in [1.29, 1.82) is 0 Å². The quantitative estimate of drug-likeness (QED) is 0.669. The number of nitrogens with one attached hydrogen (secondary N) is 2. The van der Waals surface area contributed by atoms with Crippen molar-refractivity contribution < 1.29 is 14.6 Å². The fraction of sp³-hybridized carbons (Fsp3) is 0.286. The van der Waals surface area contributed by atoms with Gasteiger partial charge in [-0.3, -0.25) is 0 Å². The molecule has 0 heterocycles. The number of nitrogens with zero attached hydrogens (tertiary/aromatic N) is 1. The lowest BCUT2D eigenvalue weighted by Gasteiger charge is -2.18. The number of hydrogen-bond acceptors (Lipinski definition) is 4. The number of urea groups is 1. The summed E-state index contributed by atoms with van der Waals surface area (Å²) in [5, 5.41) is 15.1. The molecule has 0 aliphatic carbocycles. The van der Waals surface area contributed by atoms with Gasteiger partial charge < -0.3 is 25.4 Å². The number of amides is 2. The number of para-hydroxylation sites is 1. The zero-order valence-electron chi connectivity index (χ0n) is 16.0. The minimum atomic E-state index is -0.219. The van der Waals surface area contributed by atoms with Crippen molar-refractivity contribution >= 4 is 12.1 Å². The molecule has 0 unspecified atom stereocenters. The second-order valence-electron chi connectivity index (χ2n) is 6.29. The highest BCUT2D eigenvalue weighted by Crippen LogP contribution is 2.17. The summed E-state index contributed by atoms with van der Waals surface area (Å²) in [6.45, 7) is 0.916. The normalized spacial score (nSPS) is 11.0. The van der Waals surface area contributed by atoms with E-state index >= 15 is 0 Å². The van der Waals surface area contributed by atoms with Crippen LogP contribution in [0, 0.1) is 0 Å². The molecule has 0 fully saturated rings. The van der Waals surface area contributed by atoms with Crippen LogP contribution in [0.15, 0.2) is 54.2 Å². The van der Waals surface area contributed by atoms with Gasteiger partial charge in [0.15, 0.2) is 0 Å². The van der Waals surface area contributed by atoms with Gasteiger partial charge in [0.2, 0.25) is 0 Å². The molecular formula is C21H27N3O3. The van der Waals surface area contributed by atoms with Crippen molar-refractivity contribution in [2.45, 2.75) is 6.42 Å². The maximum Gasteiger partial charge on any atom is 0.315 e. The topological polar surface area (TPSA) is 73.8 Å². The second-order valence-corrected chi connectivity index (χ2v) is 6.29. The third kappa shape index (κ3) is 6.58. The highest BCUT2D eigenvalue weighted by atomic mass is 16.5. The SMILES string of the molecule is COc1ccccc1CCNC(=O)NC/C(=C/c1ccc(O)cc1)N(C)C. The van der Waals surface area contributed by atoms with Gasteiger partial charge in [0.1, 0.15) is 11.5 Å². The van der Waals surface area contributed by atoms with Gasteiger partial charge in [0.25, 0.3) is 0 Å². The van der Waals surface area contributed by atoms with Gasteiger partial charge in [-0.2, -0.15) is 0 Å². The van der Waals surface area contributed by atoms with Crippen molar-refractivity contribution in [3.8, 4) is 11.5 Å². The molecule has 144 valence electrons. The van der Waals surface area contributed by atoms with Crippen molar-refractivity contribution in [3.05, 3.63) is 65.4 Å². The number of aromatic hydroxyl groups is 1. The summed E-state index contributed by atoms with van der Waals surface area (Å²) in [6.07, 6.45) is 2.66. The first-order chi connectivity index (χ1) is 13.0. The molecule has 0 saturated heterocycles. The number of carbonyl (C=O) groups is 1. The summed E-state index contributed by atoms with van der Waals surface area (Å²) < 4.78 is 5.32. The van der Waals surface area contributed by atoms with Crippen LogP contribution in [0.25, 0.3) is 6.08 Å². The molecule has 2 aromatic carbocycles. The average molecular weight is 369 g/mol. The minimum Gasteiger partial charge on any atom is -0.508 e. The highest BCUT2D eigenvalue weighted by Gasteiger charge is 2.06. The van der Waals surface area contributed by atoms with E-state index in [0.29, 0.717) is 19.5 Å². The van der Waals surface area contributed by atoms with Crippen LogP contribution >= 0.6 is 0 Å². The average Bonchev–Trinajstić information content (AvgIpc) is 2.66. The van der Waals surface area contributed by atoms with Crippen molar-refractivity contribution in [2.24, 2.45) is 0 Å². The summed E-state index contributed by atoms with van der Waals surface area (Å²) in [5.74, 6) is 1.05. The third-order valence-corrected chi connectivity index (χ3v) is 4.10. The molecule has 0 aromatic heterocycles. The second kappa shape index (κ2) is 10.1. The van der Waals surface area contributed by atoms with Gasteiger partial charge in [-0.1, -0.05) is 30.3 Å². The van der Waals surface area contributed by atoms with E-state index in [1.54, 1.807) is 19.2 Å². The Morgan fingerprint density at radius 3 is 2.48 bits per heavy atom. The van der Waals surface area contributed by atoms with E-state index in [9.17, 15) is 9.90 Å². The molecular weight excluding hydrogens is 342 g/mol. The Balaban J connectivity index is 1.84. The monoisotopic (exact) mass is 369 g/mol. The van der Waals surface area contributed by atoms with Gasteiger partial charge in [0.05, 0.1) is 13.7 Å². The lowest BCUT2D eigenvalue weighted by atomic mass is 10.1. The summed E-state index contributed by atoms with van der Waals surface area (Å²) in [6, 6.07) is 14.5. The van der Waals surface area contributed by atoms with Crippen LogP contribution in [-0.2, 0) is 6.42 Å². The fourth-order valence-electron chi connectivity index (χ4n) is 2.55. The molecule has 0 bridgehead atoms. The van der Waals surface area contributed by atoms with Gasteiger partial charge >= 0.3 is 6.03 Å². The summed E-state index contributed by atoms with van der Waals surface area (Å²) >= 11 is 0. The number of rotatable bonds is 8. The van der Waals surface area contributed by atoms with E-state index in [4.69, 9.17) is 4.74 Å². The molecule has 0 radical (unpaired) electrons. The van der Waals surface area contributed by atoms with E-state index in [1.165, 1.54) is 0 Å². The highest BCUT2D eigenvalue weighted by molar-refractivity contribution is 5.74. The number of phenolic OH excluding ortho intramolecular Hbond substituents is 1. The number of carbonyl (C=O) groups excluding carboxylic acids is 1. The fourth-order valence-corrected chi connectivity index (χ4v) is 2.55. The van der Waals surface area contributed by atoms with Crippen molar-refractivity contribution in [1.82, 2.24) is 15.5 Å². The Bertz CT molecular complexity index is 770. The number of hydrogen-bond donors (Lipinski definition) is 3. The van der Waals surface area contributed by atoms with Gasteiger partial charge in [0, 0.05) is 26.3 Å². The van der Waals surface area contributed by atoms with Gasteiger partial charge in [-0.05, 0) is 41.8 Å². The zero-order valence-corrected chi connectivity index (χ0v) is 16.0. The van der Waals surface area contributed by atoms with Crippen LogP contribution in [0.5, 0.6) is 11.5 Å². The number of benzene rings is 2. The van der Waals surface area contributed by atoms with Crippen molar-refractivity contribution in [2.75, 3.05) is 34.3 Å². The van der Waals surface area contributed by atoms with Crippen LogP contribution in [0.4, 0.5) is 4.79 Å². The number of phenols is 1. The van der Waals surface area contributed by atoms with E-state index in [1.807, 2.05) is 61.5 Å². The molecule has 0 spiro atoms. The first kappa shape index (κ1) is 20.2. The van der Waals surface area contributed by atoms with Gasteiger partial charge in [-0.25, -0.2) is 4.79 Å².